The van der Waals surface area contributed by atoms with E-state index in [1.807, 2.05) is 23.3 Å². The molecule has 1 N–H and O–H groups in total. The summed E-state index contributed by atoms with van der Waals surface area (Å²) in [5.74, 6) is 0. The summed E-state index contributed by atoms with van der Waals surface area (Å²) in [5.41, 5.74) is 2.42. The number of fused-ring (bicyclic) bond motifs is 1. The van der Waals surface area contributed by atoms with Crippen LogP contribution in [0.2, 0.25) is 0 Å². The second-order valence-electron chi connectivity index (χ2n) is 4.07. The zero-order valence-corrected chi connectivity index (χ0v) is 9.13. The van der Waals surface area contributed by atoms with Crippen LogP contribution >= 0.6 is 0 Å². The Morgan fingerprint density at radius 1 is 1.44 bits per heavy atom. The first kappa shape index (κ1) is 9.59. The topological polar surface area (TPSA) is 47.7 Å². The molecular formula is C11H15N5. The van der Waals surface area contributed by atoms with Gasteiger partial charge in [0, 0.05) is 25.5 Å². The van der Waals surface area contributed by atoms with Crippen molar-refractivity contribution < 1.29 is 0 Å². The second-order valence-corrected chi connectivity index (χ2v) is 4.07. The van der Waals surface area contributed by atoms with E-state index in [2.05, 4.69) is 20.0 Å². The summed E-state index contributed by atoms with van der Waals surface area (Å²) in [6.45, 7) is 3.82. The Bertz CT molecular complexity index is 457. The van der Waals surface area contributed by atoms with E-state index in [0.29, 0.717) is 0 Å². The van der Waals surface area contributed by atoms with Crippen molar-refractivity contribution in [2.75, 3.05) is 6.54 Å². The van der Waals surface area contributed by atoms with Crippen LogP contribution in [-0.4, -0.2) is 25.9 Å². The maximum absolute atomic E-state index is 4.48. The quantitative estimate of drug-likeness (QED) is 0.802. The number of imidazole rings is 1. The van der Waals surface area contributed by atoms with Gasteiger partial charge < -0.3 is 9.88 Å². The standard InChI is InChI=1S/C11H15N5/c1-3-12-7-11-10(13-9-15(11)5-1)8-16-6-2-4-14-16/h2,4,6,9,12H,1,3,5,7-8H2. The lowest BCUT2D eigenvalue weighted by atomic mass is 10.3. The Balaban J connectivity index is 1.87. The fourth-order valence-electron chi connectivity index (χ4n) is 2.11. The number of nitrogens with zero attached hydrogens (tertiary/aromatic N) is 4. The molecule has 2 aromatic rings. The molecule has 3 rings (SSSR count). The Morgan fingerprint density at radius 3 is 3.31 bits per heavy atom. The number of aryl methyl sites for hydroxylation is 1. The number of hydrogen-bond donors (Lipinski definition) is 1. The zero-order valence-electron chi connectivity index (χ0n) is 9.13. The van der Waals surface area contributed by atoms with E-state index in [0.717, 1.165) is 31.9 Å². The molecule has 0 aliphatic carbocycles. The highest BCUT2D eigenvalue weighted by atomic mass is 15.3. The third-order valence-corrected chi connectivity index (χ3v) is 2.95. The zero-order chi connectivity index (χ0) is 10.8. The van der Waals surface area contributed by atoms with E-state index in [1.165, 1.54) is 12.1 Å². The number of rotatable bonds is 2. The van der Waals surface area contributed by atoms with Gasteiger partial charge in [-0.05, 0) is 19.0 Å². The summed E-state index contributed by atoms with van der Waals surface area (Å²) >= 11 is 0. The van der Waals surface area contributed by atoms with Gasteiger partial charge in [-0.2, -0.15) is 5.10 Å². The van der Waals surface area contributed by atoms with Crippen LogP contribution < -0.4 is 5.32 Å². The Labute approximate surface area is 94.1 Å². The van der Waals surface area contributed by atoms with Gasteiger partial charge in [-0.15, -0.1) is 0 Å². The minimum atomic E-state index is 0.761. The highest BCUT2D eigenvalue weighted by molar-refractivity contribution is 5.14. The molecule has 0 atom stereocenters. The maximum Gasteiger partial charge on any atom is 0.0952 e. The first-order valence-corrected chi connectivity index (χ1v) is 5.64. The van der Waals surface area contributed by atoms with E-state index in [4.69, 9.17) is 0 Å². The molecule has 0 spiro atoms. The van der Waals surface area contributed by atoms with Crippen molar-refractivity contribution in [3.63, 3.8) is 0 Å². The van der Waals surface area contributed by atoms with Crippen molar-refractivity contribution >= 4 is 0 Å². The normalized spacial score (nSPS) is 15.8. The number of hydrogen-bond acceptors (Lipinski definition) is 3. The van der Waals surface area contributed by atoms with Gasteiger partial charge in [0.1, 0.15) is 0 Å². The average Bonchev–Trinajstić information content (AvgIpc) is 2.86. The first-order chi connectivity index (χ1) is 7.93. The van der Waals surface area contributed by atoms with Crippen LogP contribution in [-0.2, 0) is 19.6 Å². The summed E-state index contributed by atoms with van der Waals surface area (Å²) < 4.78 is 4.16. The van der Waals surface area contributed by atoms with Crippen molar-refractivity contribution in [1.82, 2.24) is 24.6 Å². The molecule has 16 heavy (non-hydrogen) atoms. The Kier molecular flexibility index (Phi) is 2.46. The average molecular weight is 217 g/mol. The van der Waals surface area contributed by atoms with E-state index in [1.54, 1.807) is 6.20 Å². The predicted octanol–water partition coefficient (Wildman–Crippen LogP) is 0.621. The molecule has 0 unspecified atom stereocenters. The third-order valence-electron chi connectivity index (χ3n) is 2.95. The molecule has 0 saturated carbocycles. The minimum absolute atomic E-state index is 0.761. The summed E-state index contributed by atoms with van der Waals surface area (Å²) in [5, 5.41) is 7.63. The largest absolute Gasteiger partial charge is 0.333 e. The van der Waals surface area contributed by atoms with Crippen molar-refractivity contribution in [3.05, 3.63) is 36.2 Å². The Hall–Kier alpha value is -1.62. The fraction of sp³-hybridized carbons (Fsp3) is 0.455. The minimum Gasteiger partial charge on any atom is -0.333 e. The van der Waals surface area contributed by atoms with Crippen molar-refractivity contribution in [2.24, 2.45) is 0 Å². The van der Waals surface area contributed by atoms with Crippen LogP contribution in [0.5, 0.6) is 0 Å². The Morgan fingerprint density at radius 2 is 2.44 bits per heavy atom. The van der Waals surface area contributed by atoms with Gasteiger partial charge in [0.2, 0.25) is 0 Å². The highest BCUT2D eigenvalue weighted by Crippen LogP contribution is 2.12. The molecule has 84 valence electrons. The lowest BCUT2D eigenvalue weighted by Gasteiger charge is -2.05. The molecule has 0 bridgehead atoms. The summed E-state index contributed by atoms with van der Waals surface area (Å²) in [7, 11) is 0. The van der Waals surface area contributed by atoms with Crippen LogP contribution in [0.1, 0.15) is 17.8 Å². The SMILES string of the molecule is c1cnn(Cc2ncn3c2CNCCC3)c1. The van der Waals surface area contributed by atoms with E-state index < -0.39 is 0 Å². The molecule has 0 radical (unpaired) electrons. The third kappa shape index (κ3) is 1.74. The lowest BCUT2D eigenvalue weighted by Crippen LogP contribution is -2.14. The smallest absolute Gasteiger partial charge is 0.0952 e. The van der Waals surface area contributed by atoms with E-state index >= 15 is 0 Å². The molecule has 0 fully saturated rings. The molecule has 0 amide bonds. The highest BCUT2D eigenvalue weighted by Gasteiger charge is 2.13. The van der Waals surface area contributed by atoms with Crippen LogP contribution in [0, 0.1) is 0 Å². The molecule has 2 aromatic heterocycles. The van der Waals surface area contributed by atoms with Crippen LogP contribution in [0.3, 0.4) is 0 Å². The fourth-order valence-corrected chi connectivity index (χ4v) is 2.11. The molecule has 0 aromatic carbocycles. The lowest BCUT2D eigenvalue weighted by molar-refractivity contribution is 0.640. The summed E-state index contributed by atoms with van der Waals surface area (Å²) in [6, 6.07) is 1.94. The summed E-state index contributed by atoms with van der Waals surface area (Å²) in [6.07, 6.45) is 6.88. The summed E-state index contributed by atoms with van der Waals surface area (Å²) in [4.78, 5) is 4.48. The molecule has 1 aliphatic heterocycles. The van der Waals surface area contributed by atoms with Crippen LogP contribution in [0.15, 0.2) is 24.8 Å². The van der Waals surface area contributed by atoms with Gasteiger partial charge in [-0.3, -0.25) is 4.68 Å². The van der Waals surface area contributed by atoms with Crippen LogP contribution in [0.4, 0.5) is 0 Å². The van der Waals surface area contributed by atoms with Gasteiger partial charge >= 0.3 is 0 Å². The second kappa shape index (κ2) is 4.09. The van der Waals surface area contributed by atoms with Crippen molar-refractivity contribution in [1.29, 1.82) is 0 Å². The van der Waals surface area contributed by atoms with Gasteiger partial charge in [-0.1, -0.05) is 0 Å². The van der Waals surface area contributed by atoms with Crippen molar-refractivity contribution in [3.8, 4) is 0 Å². The number of aromatic nitrogens is 4. The molecule has 1 aliphatic rings. The molecule has 5 nitrogen and oxygen atoms in total. The monoisotopic (exact) mass is 217 g/mol. The van der Waals surface area contributed by atoms with Gasteiger partial charge in [0.25, 0.3) is 0 Å². The molecule has 5 heteroatoms. The first-order valence-electron chi connectivity index (χ1n) is 5.64. The van der Waals surface area contributed by atoms with Gasteiger partial charge in [0.05, 0.1) is 24.3 Å². The predicted molar refractivity (Wildman–Crippen MR) is 59.9 cm³/mol. The van der Waals surface area contributed by atoms with Crippen molar-refractivity contribution in [2.45, 2.75) is 26.1 Å². The molecular weight excluding hydrogens is 202 g/mol. The maximum atomic E-state index is 4.48. The van der Waals surface area contributed by atoms with Gasteiger partial charge in [0.15, 0.2) is 0 Å². The molecule has 3 heterocycles. The number of nitrogens with one attached hydrogen (secondary N) is 1. The molecule has 0 saturated heterocycles. The van der Waals surface area contributed by atoms with E-state index in [9.17, 15) is 0 Å². The van der Waals surface area contributed by atoms with Crippen LogP contribution in [0.25, 0.3) is 0 Å². The van der Waals surface area contributed by atoms with Gasteiger partial charge in [-0.25, -0.2) is 4.98 Å². The van der Waals surface area contributed by atoms with E-state index in [-0.39, 0.29) is 0 Å².